The molecule has 0 aromatic carbocycles. The van der Waals surface area contributed by atoms with Crippen LogP contribution in [0.1, 0.15) is 24.1 Å². The minimum absolute atomic E-state index is 0.0657. The van der Waals surface area contributed by atoms with Gasteiger partial charge in [0.2, 0.25) is 10.0 Å². The van der Waals surface area contributed by atoms with Crippen LogP contribution in [-0.4, -0.2) is 38.5 Å². The van der Waals surface area contributed by atoms with E-state index in [2.05, 4.69) is 9.62 Å². The summed E-state index contributed by atoms with van der Waals surface area (Å²) in [4.78, 5) is 3.29. The number of sulfonamides is 1. The van der Waals surface area contributed by atoms with E-state index in [0.29, 0.717) is 16.8 Å². The summed E-state index contributed by atoms with van der Waals surface area (Å²) in [6, 6.07) is 3.89. The van der Waals surface area contributed by atoms with Crippen molar-refractivity contribution in [3.63, 3.8) is 0 Å². The average molecular weight is 301 g/mol. The van der Waals surface area contributed by atoms with Gasteiger partial charge in [-0.15, -0.1) is 11.3 Å². The van der Waals surface area contributed by atoms with Gasteiger partial charge in [-0.2, -0.15) is 0 Å². The lowest BCUT2D eigenvalue weighted by molar-refractivity contribution is 0.309. The van der Waals surface area contributed by atoms with Gasteiger partial charge in [-0.25, -0.2) is 13.1 Å². The minimum Gasteiger partial charge on any atom is -0.326 e. The van der Waals surface area contributed by atoms with Crippen LogP contribution in [0.15, 0.2) is 16.3 Å². The van der Waals surface area contributed by atoms with Crippen molar-refractivity contribution in [1.82, 2.24) is 9.62 Å². The van der Waals surface area contributed by atoms with Crippen LogP contribution in [0.4, 0.5) is 0 Å². The Bertz CT molecular complexity index is 555. The second-order valence-corrected chi connectivity index (χ2v) is 8.30. The Morgan fingerprint density at radius 3 is 2.95 bits per heavy atom. The van der Waals surface area contributed by atoms with Crippen LogP contribution in [0.25, 0.3) is 0 Å². The summed E-state index contributed by atoms with van der Waals surface area (Å²) in [5, 5.41) is 0. The second-order valence-electron chi connectivity index (χ2n) is 5.19. The smallest absolute Gasteiger partial charge is 0.250 e. The number of thiophene rings is 1. The zero-order valence-electron chi connectivity index (χ0n) is 10.7. The summed E-state index contributed by atoms with van der Waals surface area (Å²) in [6.45, 7) is 2.51. The monoisotopic (exact) mass is 301 g/mol. The molecular weight excluding hydrogens is 282 g/mol. The van der Waals surface area contributed by atoms with E-state index in [4.69, 9.17) is 5.73 Å². The zero-order chi connectivity index (χ0) is 13.5. The average Bonchev–Trinajstić information content (AvgIpc) is 3.05. The molecule has 2 saturated heterocycles. The Morgan fingerprint density at radius 1 is 1.37 bits per heavy atom. The highest BCUT2D eigenvalue weighted by atomic mass is 32.2. The van der Waals surface area contributed by atoms with Gasteiger partial charge in [0.05, 0.1) is 0 Å². The fourth-order valence-electron chi connectivity index (χ4n) is 3.09. The molecule has 2 fully saturated rings. The molecule has 0 spiro atoms. The number of fused-ring (bicyclic) bond motifs is 1. The lowest BCUT2D eigenvalue weighted by atomic mass is 10.1. The molecule has 0 aliphatic carbocycles. The van der Waals surface area contributed by atoms with Gasteiger partial charge in [0.15, 0.2) is 0 Å². The number of rotatable bonds is 4. The van der Waals surface area contributed by atoms with Crippen LogP contribution in [0, 0.1) is 0 Å². The molecule has 3 N–H and O–H groups in total. The van der Waals surface area contributed by atoms with Crippen molar-refractivity contribution in [2.24, 2.45) is 5.73 Å². The normalized spacial score (nSPS) is 27.8. The predicted molar refractivity (Wildman–Crippen MR) is 75.5 cm³/mol. The topological polar surface area (TPSA) is 75.4 Å². The molecule has 1 aromatic rings. The van der Waals surface area contributed by atoms with Gasteiger partial charge in [-0.05, 0) is 37.9 Å². The van der Waals surface area contributed by atoms with Crippen molar-refractivity contribution >= 4 is 21.4 Å². The highest BCUT2D eigenvalue weighted by molar-refractivity contribution is 7.91. The fourth-order valence-corrected chi connectivity index (χ4v) is 5.64. The largest absolute Gasteiger partial charge is 0.326 e. The standard InChI is InChI=1S/C12H19N3O2S2/c13-8-9-3-4-12(18-9)19(16,17)14-10-5-7-15-6-1-2-11(10)15/h3-4,10-11,14H,1-2,5-8,13H2. The fraction of sp³-hybridized carbons (Fsp3) is 0.667. The third-order valence-electron chi connectivity index (χ3n) is 4.02. The third-order valence-corrected chi connectivity index (χ3v) is 7.10. The first-order valence-corrected chi connectivity index (χ1v) is 8.95. The van der Waals surface area contributed by atoms with Crippen molar-refractivity contribution in [3.8, 4) is 0 Å². The molecule has 5 nitrogen and oxygen atoms in total. The van der Waals surface area contributed by atoms with Gasteiger partial charge in [-0.3, -0.25) is 4.90 Å². The molecule has 3 heterocycles. The molecular formula is C12H19N3O2S2. The van der Waals surface area contributed by atoms with E-state index in [1.807, 2.05) is 0 Å². The number of hydrogen-bond donors (Lipinski definition) is 2. The minimum atomic E-state index is -3.39. The van der Waals surface area contributed by atoms with Crippen LogP contribution in [-0.2, 0) is 16.6 Å². The Morgan fingerprint density at radius 2 is 2.21 bits per heavy atom. The van der Waals surface area contributed by atoms with Crippen LogP contribution in [0.3, 0.4) is 0 Å². The van der Waals surface area contributed by atoms with E-state index in [9.17, 15) is 8.42 Å². The third kappa shape index (κ3) is 2.57. The quantitative estimate of drug-likeness (QED) is 0.859. The summed E-state index contributed by atoms with van der Waals surface area (Å²) >= 11 is 1.26. The van der Waals surface area contributed by atoms with E-state index in [0.717, 1.165) is 30.8 Å². The molecule has 3 rings (SSSR count). The van der Waals surface area contributed by atoms with Crippen LogP contribution < -0.4 is 10.5 Å². The number of nitrogens with one attached hydrogen (secondary N) is 1. The first kappa shape index (κ1) is 13.5. The van der Waals surface area contributed by atoms with E-state index in [1.54, 1.807) is 12.1 Å². The van der Waals surface area contributed by atoms with Gasteiger partial charge < -0.3 is 5.73 Å². The number of nitrogens with two attached hydrogens (primary N) is 1. The van der Waals surface area contributed by atoms with Crippen molar-refractivity contribution in [2.45, 2.75) is 42.1 Å². The van der Waals surface area contributed by atoms with Crippen molar-refractivity contribution < 1.29 is 8.42 Å². The SMILES string of the molecule is NCc1ccc(S(=O)(=O)NC2CCN3CCCC23)s1. The van der Waals surface area contributed by atoms with Gasteiger partial charge >= 0.3 is 0 Å². The molecule has 1 aromatic heterocycles. The van der Waals surface area contributed by atoms with Gasteiger partial charge in [0, 0.05) is 30.1 Å². The molecule has 0 amide bonds. The summed E-state index contributed by atoms with van der Waals surface area (Å²) in [6.07, 6.45) is 3.20. The van der Waals surface area contributed by atoms with Crippen LogP contribution in [0.2, 0.25) is 0 Å². The molecule has 0 saturated carbocycles. The Labute approximate surface area is 117 Å². The molecule has 2 aliphatic rings. The summed E-state index contributed by atoms with van der Waals surface area (Å²) in [5.74, 6) is 0. The maximum Gasteiger partial charge on any atom is 0.250 e. The maximum absolute atomic E-state index is 12.3. The predicted octanol–water partition coefficient (Wildman–Crippen LogP) is 0.722. The van der Waals surface area contributed by atoms with Crippen LogP contribution in [0.5, 0.6) is 0 Å². The molecule has 7 heteroatoms. The molecule has 19 heavy (non-hydrogen) atoms. The Balaban J connectivity index is 1.74. The molecule has 2 unspecified atom stereocenters. The summed E-state index contributed by atoms with van der Waals surface area (Å²) in [7, 11) is -3.39. The first-order chi connectivity index (χ1) is 9.10. The van der Waals surface area contributed by atoms with Crippen molar-refractivity contribution in [3.05, 3.63) is 17.0 Å². The molecule has 0 bridgehead atoms. The lowest BCUT2D eigenvalue weighted by Crippen LogP contribution is -2.42. The Kier molecular flexibility index (Phi) is 3.65. The summed E-state index contributed by atoms with van der Waals surface area (Å²) in [5.41, 5.74) is 5.53. The van der Waals surface area contributed by atoms with Gasteiger partial charge in [0.25, 0.3) is 0 Å². The highest BCUT2D eigenvalue weighted by Crippen LogP contribution is 2.29. The lowest BCUT2D eigenvalue weighted by Gasteiger charge is -2.20. The molecule has 0 radical (unpaired) electrons. The van der Waals surface area contributed by atoms with E-state index < -0.39 is 10.0 Å². The number of nitrogens with zero attached hydrogens (tertiary/aromatic N) is 1. The maximum atomic E-state index is 12.3. The molecule has 2 atom stereocenters. The van der Waals surface area contributed by atoms with E-state index in [1.165, 1.54) is 17.8 Å². The highest BCUT2D eigenvalue weighted by Gasteiger charge is 2.39. The molecule has 106 valence electrons. The van der Waals surface area contributed by atoms with Crippen LogP contribution >= 0.6 is 11.3 Å². The van der Waals surface area contributed by atoms with Gasteiger partial charge in [-0.1, -0.05) is 0 Å². The number of hydrogen-bond acceptors (Lipinski definition) is 5. The summed E-state index contributed by atoms with van der Waals surface area (Å²) < 4.78 is 28.0. The van der Waals surface area contributed by atoms with Gasteiger partial charge in [0.1, 0.15) is 4.21 Å². The zero-order valence-corrected chi connectivity index (χ0v) is 12.3. The van der Waals surface area contributed by atoms with Crippen molar-refractivity contribution in [2.75, 3.05) is 13.1 Å². The Hall–Kier alpha value is -0.470. The van der Waals surface area contributed by atoms with E-state index >= 15 is 0 Å². The van der Waals surface area contributed by atoms with E-state index in [-0.39, 0.29) is 6.04 Å². The van der Waals surface area contributed by atoms with Crippen molar-refractivity contribution in [1.29, 1.82) is 0 Å². The molecule has 2 aliphatic heterocycles. The first-order valence-electron chi connectivity index (χ1n) is 6.65. The second kappa shape index (κ2) is 5.14.